The van der Waals surface area contributed by atoms with Crippen LogP contribution in [0.15, 0.2) is 22.7 Å². The molecule has 0 aliphatic carbocycles. The fraction of sp³-hybridized carbons (Fsp3) is 0.545. The third kappa shape index (κ3) is 3.39. The maximum Gasteiger partial charge on any atom is 0.219 e. The molecule has 160 valence electrons. The van der Waals surface area contributed by atoms with Gasteiger partial charge in [-0.1, -0.05) is 15.9 Å². The van der Waals surface area contributed by atoms with Crippen molar-refractivity contribution in [3.05, 3.63) is 33.9 Å². The number of carbonyl (C=O) groups is 1. The van der Waals surface area contributed by atoms with E-state index in [1.54, 1.807) is 6.92 Å². The Kier molecular flexibility index (Phi) is 5.23. The third-order valence-corrected chi connectivity index (χ3v) is 7.09. The van der Waals surface area contributed by atoms with E-state index in [4.69, 9.17) is 9.84 Å². The van der Waals surface area contributed by atoms with Crippen molar-refractivity contribution in [2.75, 3.05) is 49.7 Å². The van der Waals surface area contributed by atoms with Crippen molar-refractivity contribution >= 4 is 39.0 Å². The van der Waals surface area contributed by atoms with E-state index in [9.17, 15) is 4.79 Å². The number of hydrogen-bond acceptors (Lipinski definition) is 5. The van der Waals surface area contributed by atoms with Crippen LogP contribution in [0, 0.1) is 0 Å². The van der Waals surface area contributed by atoms with E-state index in [1.807, 2.05) is 4.90 Å². The van der Waals surface area contributed by atoms with E-state index in [0.717, 1.165) is 62.4 Å². The molecule has 0 unspecified atom stereocenters. The number of likely N-dealkylation sites (N-methyl/N-ethyl adjacent to an activating group) is 1. The molecular weight excluding hydrogens is 446 g/mol. The highest BCUT2D eigenvalue weighted by atomic mass is 79.9. The normalized spacial score (nSPS) is 19.6. The van der Waals surface area contributed by atoms with Crippen molar-refractivity contribution in [3.63, 3.8) is 0 Å². The van der Waals surface area contributed by atoms with Crippen LogP contribution in [0.3, 0.4) is 0 Å². The predicted octanol–water partition coefficient (Wildman–Crippen LogP) is 3.49. The first-order valence-electron chi connectivity index (χ1n) is 10.7. The molecule has 0 saturated carbocycles. The average Bonchev–Trinajstić information content (AvgIpc) is 3.14. The van der Waals surface area contributed by atoms with Gasteiger partial charge in [-0.15, -0.1) is 0 Å². The van der Waals surface area contributed by atoms with E-state index in [-0.39, 0.29) is 5.91 Å². The van der Waals surface area contributed by atoms with Crippen LogP contribution < -0.4 is 9.80 Å². The molecule has 7 nitrogen and oxygen atoms in total. The average molecular weight is 474 g/mol. The molecule has 30 heavy (non-hydrogen) atoms. The second kappa shape index (κ2) is 7.89. The largest absolute Gasteiger partial charge is 0.381 e. The summed E-state index contributed by atoms with van der Waals surface area (Å²) in [6, 6.07) is 6.81. The van der Waals surface area contributed by atoms with Gasteiger partial charge < -0.3 is 19.4 Å². The van der Waals surface area contributed by atoms with Crippen LogP contribution in [-0.4, -0.2) is 60.5 Å². The fourth-order valence-corrected chi connectivity index (χ4v) is 5.24. The summed E-state index contributed by atoms with van der Waals surface area (Å²) in [4.78, 5) is 18.7. The number of benzene rings is 1. The van der Waals surface area contributed by atoms with Gasteiger partial charge in [-0.25, -0.2) is 0 Å². The molecule has 1 amide bonds. The van der Waals surface area contributed by atoms with Gasteiger partial charge >= 0.3 is 0 Å². The highest BCUT2D eigenvalue weighted by Crippen LogP contribution is 2.42. The molecule has 0 radical (unpaired) electrons. The first-order chi connectivity index (χ1) is 14.5. The summed E-state index contributed by atoms with van der Waals surface area (Å²) in [6.07, 6.45) is 2.85. The minimum atomic E-state index is 0.133. The van der Waals surface area contributed by atoms with E-state index < -0.39 is 0 Å². The first-order valence-corrected chi connectivity index (χ1v) is 11.5. The number of aromatic nitrogens is 2. The van der Waals surface area contributed by atoms with Crippen molar-refractivity contribution in [2.45, 2.75) is 38.8 Å². The van der Waals surface area contributed by atoms with Crippen molar-refractivity contribution in [2.24, 2.45) is 0 Å². The lowest BCUT2D eigenvalue weighted by molar-refractivity contribution is -0.129. The van der Waals surface area contributed by atoms with Gasteiger partial charge in [-0.2, -0.15) is 5.10 Å². The van der Waals surface area contributed by atoms with Crippen molar-refractivity contribution in [1.82, 2.24) is 14.7 Å². The zero-order valence-electron chi connectivity index (χ0n) is 17.6. The topological polar surface area (TPSA) is 53.8 Å². The Labute approximate surface area is 185 Å². The van der Waals surface area contributed by atoms with Gasteiger partial charge in [0.2, 0.25) is 5.91 Å². The van der Waals surface area contributed by atoms with Gasteiger partial charge in [0.25, 0.3) is 0 Å². The molecule has 0 bridgehead atoms. The second-order valence-electron chi connectivity index (χ2n) is 8.43. The molecule has 0 spiro atoms. The van der Waals surface area contributed by atoms with Crippen LogP contribution in [0.1, 0.15) is 37.1 Å². The van der Waals surface area contributed by atoms with Crippen LogP contribution in [0.2, 0.25) is 0 Å². The number of hydrogen-bond donors (Lipinski definition) is 0. The van der Waals surface area contributed by atoms with Gasteiger partial charge in [0, 0.05) is 69.0 Å². The standard InChI is InChI=1S/C22H28BrN5O2/c1-15(29)26-8-5-19-18(14-26)22(24-28(19)17-6-11-30-12-7-17)27-10-9-25(2)21-13-16(23)3-4-20(21)27/h3-4,13,17H,5-12,14H2,1-2H3. The zero-order chi connectivity index (χ0) is 20.8. The number of fused-ring (bicyclic) bond motifs is 2. The Hall–Kier alpha value is -2.06. The predicted molar refractivity (Wildman–Crippen MR) is 121 cm³/mol. The minimum Gasteiger partial charge on any atom is -0.381 e. The summed E-state index contributed by atoms with van der Waals surface area (Å²) in [5, 5.41) is 5.20. The smallest absolute Gasteiger partial charge is 0.219 e. The molecule has 0 N–H and O–H groups in total. The molecule has 3 aliphatic rings. The molecule has 3 aliphatic heterocycles. The molecule has 1 aromatic heterocycles. The maximum absolute atomic E-state index is 12.1. The molecular formula is C22H28BrN5O2. The van der Waals surface area contributed by atoms with E-state index in [1.165, 1.54) is 22.6 Å². The Morgan fingerprint density at radius 1 is 1.17 bits per heavy atom. The molecule has 1 saturated heterocycles. The number of amides is 1. The molecule has 1 aromatic carbocycles. The third-order valence-electron chi connectivity index (χ3n) is 6.60. The summed E-state index contributed by atoms with van der Waals surface area (Å²) in [5.41, 5.74) is 4.88. The van der Waals surface area contributed by atoms with Crippen molar-refractivity contribution in [3.8, 4) is 0 Å². The zero-order valence-corrected chi connectivity index (χ0v) is 19.2. The van der Waals surface area contributed by atoms with Crippen LogP contribution in [0.5, 0.6) is 0 Å². The minimum absolute atomic E-state index is 0.133. The molecule has 2 aromatic rings. The molecule has 8 heteroatoms. The lowest BCUT2D eigenvalue weighted by Crippen LogP contribution is -2.38. The lowest BCUT2D eigenvalue weighted by atomic mass is 10.0. The van der Waals surface area contributed by atoms with Gasteiger partial charge in [0.15, 0.2) is 5.82 Å². The molecule has 5 rings (SSSR count). The Morgan fingerprint density at radius 2 is 1.97 bits per heavy atom. The van der Waals surface area contributed by atoms with Gasteiger partial charge in [0.1, 0.15) is 0 Å². The van der Waals surface area contributed by atoms with Crippen LogP contribution >= 0.6 is 15.9 Å². The highest BCUT2D eigenvalue weighted by Gasteiger charge is 2.33. The molecule has 0 atom stereocenters. The Bertz CT molecular complexity index is 969. The fourth-order valence-electron chi connectivity index (χ4n) is 4.89. The van der Waals surface area contributed by atoms with Gasteiger partial charge in [-0.05, 0) is 31.0 Å². The van der Waals surface area contributed by atoms with E-state index in [0.29, 0.717) is 12.6 Å². The quantitative estimate of drug-likeness (QED) is 0.667. The summed E-state index contributed by atoms with van der Waals surface area (Å²) < 4.78 is 8.93. The van der Waals surface area contributed by atoms with Crippen LogP contribution in [0.4, 0.5) is 17.2 Å². The number of rotatable bonds is 2. The van der Waals surface area contributed by atoms with Crippen LogP contribution in [-0.2, 0) is 22.5 Å². The lowest BCUT2D eigenvalue weighted by Gasteiger charge is -2.37. The Morgan fingerprint density at radius 3 is 2.73 bits per heavy atom. The summed E-state index contributed by atoms with van der Waals surface area (Å²) in [7, 11) is 2.14. The SMILES string of the molecule is CC(=O)N1CCc2c(c(N3CCN(C)c4cc(Br)ccc43)nn2C2CCOCC2)C1. The number of carbonyl (C=O) groups excluding carboxylic acids is 1. The number of halogens is 1. The van der Waals surface area contributed by atoms with E-state index >= 15 is 0 Å². The van der Waals surface area contributed by atoms with Gasteiger partial charge in [0.05, 0.1) is 24.0 Å². The highest BCUT2D eigenvalue weighted by molar-refractivity contribution is 9.10. The maximum atomic E-state index is 12.1. The van der Waals surface area contributed by atoms with Crippen LogP contribution in [0.25, 0.3) is 0 Å². The number of anilines is 3. The summed E-state index contributed by atoms with van der Waals surface area (Å²) in [6.45, 7) is 6.46. The second-order valence-corrected chi connectivity index (χ2v) is 9.35. The molecule has 1 fully saturated rings. The monoisotopic (exact) mass is 473 g/mol. The number of ether oxygens (including phenoxy) is 1. The number of nitrogens with zero attached hydrogens (tertiary/aromatic N) is 5. The summed E-state index contributed by atoms with van der Waals surface area (Å²) in [5.74, 6) is 1.15. The van der Waals surface area contributed by atoms with Gasteiger partial charge in [-0.3, -0.25) is 9.48 Å². The molecule has 4 heterocycles. The Balaban J connectivity index is 1.61. The summed E-state index contributed by atoms with van der Waals surface area (Å²) >= 11 is 3.61. The van der Waals surface area contributed by atoms with Crippen molar-refractivity contribution in [1.29, 1.82) is 0 Å². The first kappa shape index (κ1) is 19.9. The van der Waals surface area contributed by atoms with E-state index in [2.05, 4.69) is 55.7 Å². The van der Waals surface area contributed by atoms with Crippen molar-refractivity contribution < 1.29 is 9.53 Å².